The molecule has 0 unspecified atom stereocenters. The fourth-order valence-corrected chi connectivity index (χ4v) is 2.70. The molecule has 3 aromatic rings. The predicted molar refractivity (Wildman–Crippen MR) is 109 cm³/mol. The molecule has 0 aliphatic rings. The summed E-state index contributed by atoms with van der Waals surface area (Å²) in [5.74, 6) is 3.68. The Morgan fingerprint density at radius 3 is 2.26 bits per heavy atom. The average Bonchev–Trinajstić information content (AvgIpc) is 2.63. The van der Waals surface area contributed by atoms with Crippen molar-refractivity contribution < 1.29 is 9.47 Å². The lowest BCUT2D eigenvalue weighted by molar-refractivity contribution is 0.340. The summed E-state index contributed by atoms with van der Waals surface area (Å²) in [6, 6.07) is 15.6. The van der Waals surface area contributed by atoms with Gasteiger partial charge in [0, 0.05) is 11.8 Å². The van der Waals surface area contributed by atoms with Gasteiger partial charge >= 0.3 is 0 Å². The third-order valence-electron chi connectivity index (χ3n) is 3.89. The van der Waals surface area contributed by atoms with Gasteiger partial charge in [0.2, 0.25) is 0 Å². The zero-order valence-corrected chi connectivity index (χ0v) is 16.0. The van der Waals surface area contributed by atoms with Gasteiger partial charge in [-0.3, -0.25) is 0 Å². The number of aryl methyl sites for hydroxylation is 2. The number of methoxy groups -OCH3 is 1. The molecule has 3 rings (SSSR count). The molecule has 0 fully saturated rings. The molecule has 0 aliphatic heterocycles. The Labute approximate surface area is 159 Å². The summed E-state index contributed by atoms with van der Waals surface area (Å²) in [5.41, 5.74) is 2.93. The second kappa shape index (κ2) is 8.40. The van der Waals surface area contributed by atoms with E-state index in [1.807, 2.05) is 69.3 Å². The number of benzene rings is 2. The number of ether oxygens (including phenoxy) is 2. The van der Waals surface area contributed by atoms with E-state index in [1.165, 1.54) is 0 Å². The normalized spacial score (nSPS) is 10.4. The number of hydrogen-bond acceptors (Lipinski definition) is 6. The summed E-state index contributed by atoms with van der Waals surface area (Å²) < 4.78 is 10.9. The second-order valence-corrected chi connectivity index (χ2v) is 6.10. The van der Waals surface area contributed by atoms with Crippen molar-refractivity contribution in [1.29, 1.82) is 0 Å². The van der Waals surface area contributed by atoms with E-state index in [-0.39, 0.29) is 0 Å². The van der Waals surface area contributed by atoms with Crippen LogP contribution in [-0.2, 0) is 0 Å². The maximum Gasteiger partial charge on any atom is 0.142 e. The number of hydrogen-bond donors (Lipinski definition) is 2. The number of nitrogens with zero attached hydrogens (tertiary/aromatic N) is 2. The van der Waals surface area contributed by atoms with Crippen LogP contribution in [0.5, 0.6) is 11.5 Å². The van der Waals surface area contributed by atoms with Crippen LogP contribution in [0.15, 0.2) is 48.5 Å². The van der Waals surface area contributed by atoms with Crippen molar-refractivity contribution in [2.75, 3.05) is 24.4 Å². The van der Waals surface area contributed by atoms with E-state index in [9.17, 15) is 0 Å². The number of nitrogens with one attached hydrogen (secondary N) is 2. The van der Waals surface area contributed by atoms with Crippen LogP contribution in [0.1, 0.15) is 18.3 Å². The number of rotatable bonds is 7. The lowest BCUT2D eigenvalue weighted by atomic mass is 10.2. The van der Waals surface area contributed by atoms with Gasteiger partial charge in [0.15, 0.2) is 0 Å². The van der Waals surface area contributed by atoms with E-state index in [4.69, 9.17) is 9.47 Å². The Kier molecular flexibility index (Phi) is 5.76. The minimum Gasteiger partial charge on any atom is -0.495 e. The quantitative estimate of drug-likeness (QED) is 0.616. The van der Waals surface area contributed by atoms with E-state index >= 15 is 0 Å². The van der Waals surface area contributed by atoms with Gasteiger partial charge in [-0.15, -0.1) is 0 Å². The van der Waals surface area contributed by atoms with Gasteiger partial charge in [-0.1, -0.05) is 6.07 Å². The van der Waals surface area contributed by atoms with Gasteiger partial charge in [-0.2, -0.15) is 0 Å². The van der Waals surface area contributed by atoms with Gasteiger partial charge in [-0.05, 0) is 62.7 Å². The minimum atomic E-state index is 0.648. The monoisotopic (exact) mass is 364 g/mol. The largest absolute Gasteiger partial charge is 0.495 e. The molecule has 0 spiro atoms. The first-order chi connectivity index (χ1) is 13.1. The van der Waals surface area contributed by atoms with E-state index in [2.05, 4.69) is 20.6 Å². The van der Waals surface area contributed by atoms with Crippen molar-refractivity contribution in [2.24, 2.45) is 0 Å². The molecule has 0 saturated heterocycles. The average molecular weight is 364 g/mol. The highest BCUT2D eigenvalue weighted by molar-refractivity contribution is 5.68. The van der Waals surface area contributed by atoms with Crippen LogP contribution in [0.2, 0.25) is 0 Å². The van der Waals surface area contributed by atoms with Crippen molar-refractivity contribution in [3.05, 3.63) is 59.9 Å². The van der Waals surface area contributed by atoms with Crippen molar-refractivity contribution >= 4 is 23.0 Å². The Balaban J connectivity index is 1.81. The van der Waals surface area contributed by atoms with Gasteiger partial charge in [0.25, 0.3) is 0 Å². The molecule has 0 amide bonds. The van der Waals surface area contributed by atoms with E-state index in [0.29, 0.717) is 24.1 Å². The standard InChI is InChI=1S/C21H24N4O2/c1-5-27-17-9-7-16(8-10-17)24-20-13-21(23-15(3)22-20)25-18-12-14(2)6-11-19(18)26-4/h6-13H,5H2,1-4H3,(H2,22,23,24,25). The van der Waals surface area contributed by atoms with Gasteiger partial charge in [0.1, 0.15) is 29.0 Å². The molecule has 1 aromatic heterocycles. The molecule has 2 aromatic carbocycles. The Hall–Kier alpha value is -3.28. The lowest BCUT2D eigenvalue weighted by Crippen LogP contribution is -2.02. The molecule has 1 heterocycles. The SMILES string of the molecule is CCOc1ccc(Nc2cc(Nc3cc(C)ccc3OC)nc(C)n2)cc1. The maximum atomic E-state index is 5.47. The highest BCUT2D eigenvalue weighted by Crippen LogP contribution is 2.29. The van der Waals surface area contributed by atoms with Crippen LogP contribution < -0.4 is 20.1 Å². The Morgan fingerprint density at radius 2 is 1.59 bits per heavy atom. The van der Waals surface area contributed by atoms with Crippen molar-refractivity contribution in [1.82, 2.24) is 9.97 Å². The van der Waals surface area contributed by atoms with Crippen LogP contribution in [-0.4, -0.2) is 23.7 Å². The third kappa shape index (κ3) is 4.88. The lowest BCUT2D eigenvalue weighted by Gasteiger charge is -2.13. The molecule has 27 heavy (non-hydrogen) atoms. The molecule has 0 aliphatic carbocycles. The van der Waals surface area contributed by atoms with E-state index in [0.717, 1.165) is 28.4 Å². The molecule has 0 atom stereocenters. The molecular formula is C21H24N4O2. The highest BCUT2D eigenvalue weighted by Gasteiger charge is 2.07. The second-order valence-electron chi connectivity index (χ2n) is 6.10. The van der Waals surface area contributed by atoms with Gasteiger partial charge in [-0.25, -0.2) is 9.97 Å². The van der Waals surface area contributed by atoms with Crippen molar-refractivity contribution in [3.63, 3.8) is 0 Å². The maximum absolute atomic E-state index is 5.47. The molecule has 0 radical (unpaired) electrons. The molecule has 140 valence electrons. The fraction of sp³-hybridized carbons (Fsp3) is 0.238. The molecule has 2 N–H and O–H groups in total. The molecular weight excluding hydrogens is 340 g/mol. The first-order valence-corrected chi connectivity index (χ1v) is 8.84. The van der Waals surface area contributed by atoms with Crippen LogP contribution in [0.3, 0.4) is 0 Å². The fourth-order valence-electron chi connectivity index (χ4n) is 2.70. The topological polar surface area (TPSA) is 68.3 Å². The number of anilines is 4. The first kappa shape index (κ1) is 18.5. The predicted octanol–water partition coefficient (Wildman–Crippen LogP) is 4.99. The Morgan fingerprint density at radius 1 is 0.889 bits per heavy atom. The summed E-state index contributed by atoms with van der Waals surface area (Å²) in [7, 11) is 1.65. The van der Waals surface area contributed by atoms with Crippen LogP contribution in [0, 0.1) is 13.8 Å². The van der Waals surface area contributed by atoms with E-state index < -0.39 is 0 Å². The molecule has 6 nitrogen and oxygen atoms in total. The van der Waals surface area contributed by atoms with Crippen LogP contribution >= 0.6 is 0 Å². The zero-order valence-electron chi connectivity index (χ0n) is 16.0. The van der Waals surface area contributed by atoms with Crippen LogP contribution in [0.25, 0.3) is 0 Å². The number of aromatic nitrogens is 2. The van der Waals surface area contributed by atoms with Gasteiger partial charge < -0.3 is 20.1 Å². The third-order valence-corrected chi connectivity index (χ3v) is 3.89. The minimum absolute atomic E-state index is 0.648. The smallest absolute Gasteiger partial charge is 0.142 e. The van der Waals surface area contributed by atoms with Gasteiger partial charge in [0.05, 0.1) is 19.4 Å². The molecule has 0 saturated carbocycles. The summed E-state index contributed by atoms with van der Waals surface area (Å²) in [6.07, 6.45) is 0. The summed E-state index contributed by atoms with van der Waals surface area (Å²) in [4.78, 5) is 8.94. The van der Waals surface area contributed by atoms with Crippen LogP contribution in [0.4, 0.5) is 23.0 Å². The first-order valence-electron chi connectivity index (χ1n) is 8.84. The summed E-state index contributed by atoms with van der Waals surface area (Å²) >= 11 is 0. The van der Waals surface area contributed by atoms with Crippen molar-refractivity contribution in [3.8, 4) is 11.5 Å². The van der Waals surface area contributed by atoms with E-state index in [1.54, 1.807) is 7.11 Å². The summed E-state index contributed by atoms with van der Waals surface area (Å²) in [6.45, 7) is 6.51. The highest BCUT2D eigenvalue weighted by atomic mass is 16.5. The Bertz CT molecular complexity index is 911. The summed E-state index contributed by atoms with van der Waals surface area (Å²) in [5, 5.41) is 6.62. The van der Waals surface area contributed by atoms with Crippen molar-refractivity contribution in [2.45, 2.75) is 20.8 Å². The zero-order chi connectivity index (χ0) is 19.2. The molecule has 0 bridgehead atoms. The molecule has 6 heteroatoms.